The molecule has 0 fully saturated rings. The van der Waals surface area contributed by atoms with Crippen molar-refractivity contribution >= 4 is 57.8 Å². The largest absolute Gasteiger partial charge is 0.360 e. The van der Waals surface area contributed by atoms with Gasteiger partial charge in [0.15, 0.2) is 3.70 Å². The number of halogens is 2. The number of rotatable bonds is 5. The van der Waals surface area contributed by atoms with Crippen LogP contribution in [0.4, 0.5) is 0 Å². The van der Waals surface area contributed by atoms with Gasteiger partial charge in [-0.2, -0.15) is 10.2 Å². The van der Waals surface area contributed by atoms with E-state index in [2.05, 4.69) is 68.6 Å². The molecule has 0 N–H and O–H groups in total. The maximum Gasteiger partial charge on any atom is 0.151 e. The van der Waals surface area contributed by atoms with E-state index in [9.17, 15) is 0 Å². The van der Waals surface area contributed by atoms with Crippen LogP contribution in [0.5, 0.6) is 0 Å². The van der Waals surface area contributed by atoms with Gasteiger partial charge in [0.05, 0.1) is 22.3 Å². The summed E-state index contributed by atoms with van der Waals surface area (Å²) in [5.74, 6) is 0. The van der Waals surface area contributed by atoms with Crippen molar-refractivity contribution in [2.45, 2.75) is 32.4 Å². The van der Waals surface area contributed by atoms with E-state index < -0.39 is 8.07 Å². The van der Waals surface area contributed by atoms with Gasteiger partial charge in [0.2, 0.25) is 0 Å². The van der Waals surface area contributed by atoms with Crippen molar-refractivity contribution < 1.29 is 4.74 Å². The first-order chi connectivity index (χ1) is 8.37. The lowest BCUT2D eigenvalue weighted by Gasteiger charge is -2.15. The average Bonchev–Trinajstić information content (AvgIpc) is 2.73. The Morgan fingerprint density at radius 1 is 1.39 bits per heavy atom. The Hall–Kier alpha value is 0.0669. The fourth-order valence-corrected chi connectivity index (χ4v) is 3.26. The average molecular weight is 443 g/mol. The van der Waals surface area contributed by atoms with Crippen molar-refractivity contribution in [2.24, 2.45) is 0 Å². The highest BCUT2D eigenvalue weighted by Crippen LogP contribution is 2.19. The summed E-state index contributed by atoms with van der Waals surface area (Å²) in [6.07, 6.45) is 1.90. The minimum Gasteiger partial charge on any atom is -0.360 e. The molecule has 8 heteroatoms. The molecule has 2 heterocycles. The van der Waals surface area contributed by atoms with E-state index in [1.165, 1.54) is 6.04 Å². The van der Waals surface area contributed by atoms with E-state index in [4.69, 9.17) is 4.74 Å². The highest BCUT2D eigenvalue weighted by Gasteiger charge is 2.14. The van der Waals surface area contributed by atoms with Gasteiger partial charge in [-0.1, -0.05) is 19.6 Å². The summed E-state index contributed by atoms with van der Waals surface area (Å²) in [5.41, 5.74) is 1.89. The van der Waals surface area contributed by atoms with Crippen LogP contribution in [-0.4, -0.2) is 33.3 Å². The van der Waals surface area contributed by atoms with Crippen molar-refractivity contribution in [3.63, 3.8) is 0 Å². The summed E-state index contributed by atoms with van der Waals surface area (Å²) < 4.78 is 10.1. The van der Waals surface area contributed by atoms with Gasteiger partial charge in [-0.05, 0) is 28.6 Å². The number of fused-ring (bicyclic) bond motifs is 1. The molecule has 2 aromatic rings. The smallest absolute Gasteiger partial charge is 0.151 e. The molecule has 18 heavy (non-hydrogen) atoms. The van der Waals surface area contributed by atoms with Gasteiger partial charge in [-0.25, -0.2) is 8.39 Å². The van der Waals surface area contributed by atoms with E-state index in [1.54, 1.807) is 3.71 Å². The molecule has 0 bridgehead atoms. The SMILES string of the molecule is C[Si](C)(C)CCOCn1nc(I)c2nn(Br)cc21. The molecule has 100 valence electrons. The topological polar surface area (TPSA) is 44.9 Å². The lowest BCUT2D eigenvalue weighted by molar-refractivity contribution is 0.0814. The first-order valence-corrected chi connectivity index (χ1v) is 11.2. The summed E-state index contributed by atoms with van der Waals surface area (Å²) >= 11 is 5.49. The molecule has 0 aliphatic rings. The number of aromatic nitrogens is 4. The molecule has 0 aliphatic heterocycles. The van der Waals surface area contributed by atoms with Gasteiger partial charge in [-0.15, -0.1) is 0 Å². The number of hydrogen-bond donors (Lipinski definition) is 0. The predicted octanol–water partition coefficient (Wildman–Crippen LogP) is 3.31. The minimum atomic E-state index is -1.02. The van der Waals surface area contributed by atoms with Crippen LogP contribution in [0, 0.1) is 3.70 Å². The normalized spacial score (nSPS) is 12.5. The van der Waals surface area contributed by atoms with Gasteiger partial charge in [-0.3, -0.25) is 0 Å². The van der Waals surface area contributed by atoms with Gasteiger partial charge in [0.1, 0.15) is 17.8 Å². The van der Waals surface area contributed by atoms with E-state index in [-0.39, 0.29) is 0 Å². The Bertz CT molecular complexity index is 548. The van der Waals surface area contributed by atoms with E-state index >= 15 is 0 Å². The highest BCUT2D eigenvalue weighted by atomic mass is 127. The maximum absolute atomic E-state index is 5.71. The van der Waals surface area contributed by atoms with Gasteiger partial charge in [0, 0.05) is 14.7 Å². The molecule has 0 amide bonds. The van der Waals surface area contributed by atoms with Crippen LogP contribution in [0.1, 0.15) is 0 Å². The maximum atomic E-state index is 5.71. The molecule has 0 spiro atoms. The Morgan fingerprint density at radius 2 is 2.11 bits per heavy atom. The standard InChI is InChI=1S/C10H16BrIN4OSi/c1-18(2,3)5-4-17-7-15-8-6-16(11)13-9(8)10(12)14-15/h6H,4-5,7H2,1-3H3. The van der Waals surface area contributed by atoms with Crippen molar-refractivity contribution in [3.05, 3.63) is 9.90 Å². The second kappa shape index (κ2) is 5.59. The Morgan fingerprint density at radius 3 is 2.78 bits per heavy atom. The summed E-state index contributed by atoms with van der Waals surface area (Å²) in [6.45, 7) is 8.33. The fraction of sp³-hybridized carbons (Fsp3) is 0.600. The van der Waals surface area contributed by atoms with Crippen LogP contribution < -0.4 is 0 Å². The third kappa shape index (κ3) is 3.55. The van der Waals surface area contributed by atoms with Gasteiger partial charge >= 0.3 is 0 Å². The molecule has 0 radical (unpaired) electrons. The molecule has 2 rings (SSSR count). The monoisotopic (exact) mass is 442 g/mol. The first kappa shape index (κ1) is 14.5. The molecular formula is C10H16BrIN4OSi. The summed E-state index contributed by atoms with van der Waals surface area (Å²) in [7, 11) is -1.02. The molecule has 0 aliphatic carbocycles. The third-order valence-electron chi connectivity index (χ3n) is 2.56. The van der Waals surface area contributed by atoms with Crippen molar-refractivity contribution in [2.75, 3.05) is 6.61 Å². The zero-order valence-corrected chi connectivity index (χ0v) is 15.4. The molecular weight excluding hydrogens is 427 g/mol. The lowest BCUT2D eigenvalue weighted by atomic mass is 10.5. The van der Waals surface area contributed by atoms with E-state index in [1.807, 2.05) is 10.9 Å². The van der Waals surface area contributed by atoms with Gasteiger partial charge < -0.3 is 4.74 Å². The number of nitrogens with zero attached hydrogens (tertiary/aromatic N) is 4. The van der Waals surface area contributed by atoms with Crippen molar-refractivity contribution in [3.8, 4) is 0 Å². The lowest BCUT2D eigenvalue weighted by Crippen LogP contribution is -2.22. The Kier molecular flexibility index (Phi) is 4.50. The quantitative estimate of drug-likeness (QED) is 0.405. The van der Waals surface area contributed by atoms with Crippen LogP contribution in [0.3, 0.4) is 0 Å². The minimum absolute atomic E-state index is 0.489. The van der Waals surface area contributed by atoms with Gasteiger partial charge in [0.25, 0.3) is 0 Å². The van der Waals surface area contributed by atoms with Crippen LogP contribution in [0.25, 0.3) is 11.0 Å². The molecule has 0 atom stereocenters. The first-order valence-electron chi connectivity index (χ1n) is 5.72. The summed E-state index contributed by atoms with van der Waals surface area (Å²) in [5, 5.41) is 8.71. The highest BCUT2D eigenvalue weighted by molar-refractivity contribution is 14.1. The molecule has 0 aromatic carbocycles. The third-order valence-corrected chi connectivity index (χ3v) is 5.35. The summed E-state index contributed by atoms with van der Waals surface area (Å²) in [4.78, 5) is 0. The van der Waals surface area contributed by atoms with E-state index in [0.717, 1.165) is 21.3 Å². The summed E-state index contributed by atoms with van der Waals surface area (Å²) in [6, 6.07) is 1.17. The Labute approximate surface area is 129 Å². The molecule has 2 aromatic heterocycles. The molecule has 0 saturated carbocycles. The molecule has 5 nitrogen and oxygen atoms in total. The zero-order chi connectivity index (χ0) is 13.3. The van der Waals surface area contributed by atoms with Crippen LogP contribution in [-0.2, 0) is 11.5 Å². The number of hydrogen-bond acceptors (Lipinski definition) is 3. The Balaban J connectivity index is 1.99. The van der Waals surface area contributed by atoms with Crippen LogP contribution >= 0.6 is 38.7 Å². The van der Waals surface area contributed by atoms with Crippen LogP contribution in [0.15, 0.2) is 6.20 Å². The second-order valence-corrected chi connectivity index (χ2v) is 12.8. The second-order valence-electron chi connectivity index (χ2n) is 5.39. The van der Waals surface area contributed by atoms with Crippen molar-refractivity contribution in [1.82, 2.24) is 18.6 Å². The fourth-order valence-electron chi connectivity index (χ4n) is 1.51. The van der Waals surface area contributed by atoms with Crippen LogP contribution in [0.2, 0.25) is 25.7 Å². The van der Waals surface area contributed by atoms with E-state index in [0.29, 0.717) is 6.73 Å². The molecule has 0 unspecified atom stereocenters. The number of ether oxygens (including phenoxy) is 1. The predicted molar refractivity (Wildman–Crippen MR) is 86.7 cm³/mol. The molecule has 0 saturated heterocycles. The van der Waals surface area contributed by atoms with Crippen molar-refractivity contribution in [1.29, 1.82) is 0 Å². The zero-order valence-electron chi connectivity index (χ0n) is 10.7.